The van der Waals surface area contributed by atoms with Gasteiger partial charge in [0.1, 0.15) is 0 Å². The second kappa shape index (κ2) is 6.42. The summed E-state index contributed by atoms with van der Waals surface area (Å²) in [6.07, 6.45) is 6.11. The third-order valence-corrected chi connectivity index (χ3v) is 3.26. The van der Waals surface area contributed by atoms with Crippen molar-refractivity contribution in [2.24, 2.45) is 11.3 Å². The zero-order valence-electron chi connectivity index (χ0n) is 9.77. The van der Waals surface area contributed by atoms with E-state index in [1.807, 2.05) is 0 Å². The molecule has 1 unspecified atom stereocenters. The quantitative estimate of drug-likeness (QED) is 0.644. The molecule has 0 heterocycles. The van der Waals surface area contributed by atoms with Gasteiger partial charge in [-0.3, -0.25) is 0 Å². The molecule has 0 radical (unpaired) electrons. The molecule has 0 fully saturated rings. The standard InChI is InChI=1S/C12H26O/c1-5-7-8-11(6-2)12(3,4)9-10-13/h11,13H,5-10H2,1-4H3. The van der Waals surface area contributed by atoms with Crippen molar-refractivity contribution < 1.29 is 5.11 Å². The average molecular weight is 186 g/mol. The molecule has 0 saturated heterocycles. The molecule has 0 rings (SSSR count). The van der Waals surface area contributed by atoms with Crippen molar-refractivity contribution in [3.05, 3.63) is 0 Å². The van der Waals surface area contributed by atoms with Gasteiger partial charge in [-0.2, -0.15) is 0 Å². The molecule has 0 aliphatic rings. The van der Waals surface area contributed by atoms with Gasteiger partial charge in [-0.1, -0.05) is 47.0 Å². The van der Waals surface area contributed by atoms with E-state index < -0.39 is 0 Å². The number of rotatable bonds is 7. The zero-order chi connectivity index (χ0) is 10.3. The number of aliphatic hydroxyl groups is 1. The van der Waals surface area contributed by atoms with Crippen LogP contribution in [0.3, 0.4) is 0 Å². The van der Waals surface area contributed by atoms with E-state index in [1.165, 1.54) is 25.7 Å². The van der Waals surface area contributed by atoms with E-state index in [9.17, 15) is 0 Å². The number of hydrogen-bond acceptors (Lipinski definition) is 1. The smallest absolute Gasteiger partial charge is 0.0436 e. The van der Waals surface area contributed by atoms with E-state index >= 15 is 0 Å². The Hall–Kier alpha value is -0.0400. The zero-order valence-corrected chi connectivity index (χ0v) is 9.77. The second-order valence-electron chi connectivity index (χ2n) is 4.71. The Morgan fingerprint density at radius 1 is 1.23 bits per heavy atom. The van der Waals surface area contributed by atoms with Gasteiger partial charge in [-0.05, 0) is 24.2 Å². The predicted octanol–water partition coefficient (Wildman–Crippen LogP) is 3.61. The minimum Gasteiger partial charge on any atom is -0.396 e. The summed E-state index contributed by atoms with van der Waals surface area (Å²) < 4.78 is 0. The predicted molar refractivity (Wildman–Crippen MR) is 58.8 cm³/mol. The summed E-state index contributed by atoms with van der Waals surface area (Å²) in [5.41, 5.74) is 0.318. The molecular formula is C12H26O. The lowest BCUT2D eigenvalue weighted by Gasteiger charge is -2.33. The van der Waals surface area contributed by atoms with Crippen LogP contribution in [0.15, 0.2) is 0 Å². The molecule has 1 heteroatoms. The van der Waals surface area contributed by atoms with E-state index in [4.69, 9.17) is 5.11 Å². The molecule has 0 aromatic carbocycles. The van der Waals surface area contributed by atoms with Gasteiger partial charge in [-0.25, -0.2) is 0 Å². The summed E-state index contributed by atoms with van der Waals surface area (Å²) in [6.45, 7) is 9.40. The van der Waals surface area contributed by atoms with Gasteiger partial charge in [0, 0.05) is 6.61 Å². The van der Waals surface area contributed by atoms with Crippen molar-refractivity contribution in [1.29, 1.82) is 0 Å². The van der Waals surface area contributed by atoms with E-state index in [-0.39, 0.29) is 0 Å². The monoisotopic (exact) mass is 186 g/mol. The summed E-state index contributed by atoms with van der Waals surface area (Å²) in [7, 11) is 0. The van der Waals surface area contributed by atoms with E-state index in [2.05, 4.69) is 27.7 Å². The molecule has 0 aliphatic heterocycles. The molecule has 1 atom stereocenters. The Morgan fingerprint density at radius 2 is 1.85 bits per heavy atom. The van der Waals surface area contributed by atoms with Crippen LogP contribution in [0.1, 0.15) is 59.8 Å². The molecular weight excluding hydrogens is 160 g/mol. The van der Waals surface area contributed by atoms with Crippen molar-refractivity contribution in [3.63, 3.8) is 0 Å². The molecule has 80 valence electrons. The highest BCUT2D eigenvalue weighted by atomic mass is 16.3. The fourth-order valence-electron chi connectivity index (χ4n) is 2.09. The number of hydrogen-bond donors (Lipinski definition) is 1. The molecule has 0 aromatic heterocycles. The third-order valence-electron chi connectivity index (χ3n) is 3.26. The van der Waals surface area contributed by atoms with Crippen molar-refractivity contribution >= 4 is 0 Å². The van der Waals surface area contributed by atoms with Crippen LogP contribution >= 0.6 is 0 Å². The van der Waals surface area contributed by atoms with Crippen molar-refractivity contribution in [3.8, 4) is 0 Å². The second-order valence-corrected chi connectivity index (χ2v) is 4.71. The Bertz CT molecular complexity index is 118. The lowest BCUT2D eigenvalue weighted by Crippen LogP contribution is -2.24. The van der Waals surface area contributed by atoms with E-state index in [0.717, 1.165) is 12.3 Å². The maximum absolute atomic E-state index is 8.97. The maximum atomic E-state index is 8.97. The first-order valence-electron chi connectivity index (χ1n) is 5.69. The topological polar surface area (TPSA) is 20.2 Å². The van der Waals surface area contributed by atoms with Crippen LogP contribution in [0, 0.1) is 11.3 Å². The molecule has 0 amide bonds. The average Bonchev–Trinajstić information content (AvgIpc) is 2.05. The first-order chi connectivity index (χ1) is 6.08. The molecule has 0 aromatic rings. The first-order valence-corrected chi connectivity index (χ1v) is 5.69. The van der Waals surface area contributed by atoms with Crippen molar-refractivity contribution in [1.82, 2.24) is 0 Å². The molecule has 1 N–H and O–H groups in total. The van der Waals surface area contributed by atoms with Crippen LogP contribution in [-0.4, -0.2) is 11.7 Å². The van der Waals surface area contributed by atoms with Crippen LogP contribution in [0.5, 0.6) is 0 Å². The summed E-state index contributed by atoms with van der Waals surface area (Å²) in [5.74, 6) is 0.777. The number of aliphatic hydroxyl groups excluding tert-OH is 1. The molecule has 1 nitrogen and oxygen atoms in total. The highest BCUT2D eigenvalue weighted by molar-refractivity contribution is 4.77. The maximum Gasteiger partial charge on any atom is 0.0436 e. The Labute approximate surface area is 83.5 Å². The SMILES string of the molecule is CCCCC(CC)C(C)(C)CCO. The van der Waals surface area contributed by atoms with Crippen LogP contribution < -0.4 is 0 Å². The minimum atomic E-state index is 0.318. The highest BCUT2D eigenvalue weighted by Crippen LogP contribution is 2.36. The molecule has 0 spiro atoms. The van der Waals surface area contributed by atoms with Gasteiger partial charge in [0.25, 0.3) is 0 Å². The Balaban J connectivity index is 4.02. The lowest BCUT2D eigenvalue weighted by molar-refractivity contribution is 0.132. The minimum absolute atomic E-state index is 0.318. The third kappa shape index (κ3) is 4.66. The van der Waals surface area contributed by atoms with Crippen LogP contribution in [0.25, 0.3) is 0 Å². The van der Waals surface area contributed by atoms with Crippen molar-refractivity contribution in [2.75, 3.05) is 6.61 Å². The lowest BCUT2D eigenvalue weighted by atomic mass is 9.73. The molecule has 0 bridgehead atoms. The molecule has 0 saturated carbocycles. The van der Waals surface area contributed by atoms with E-state index in [0.29, 0.717) is 12.0 Å². The van der Waals surface area contributed by atoms with Crippen LogP contribution in [-0.2, 0) is 0 Å². The van der Waals surface area contributed by atoms with Crippen LogP contribution in [0.4, 0.5) is 0 Å². The summed E-state index contributed by atoms with van der Waals surface area (Å²) in [6, 6.07) is 0. The summed E-state index contributed by atoms with van der Waals surface area (Å²) in [5, 5.41) is 8.97. The molecule has 13 heavy (non-hydrogen) atoms. The summed E-state index contributed by atoms with van der Waals surface area (Å²) >= 11 is 0. The van der Waals surface area contributed by atoms with Gasteiger partial charge >= 0.3 is 0 Å². The highest BCUT2D eigenvalue weighted by Gasteiger charge is 2.26. The number of unbranched alkanes of at least 4 members (excludes halogenated alkanes) is 1. The van der Waals surface area contributed by atoms with Gasteiger partial charge in [0.15, 0.2) is 0 Å². The Morgan fingerprint density at radius 3 is 2.23 bits per heavy atom. The van der Waals surface area contributed by atoms with Gasteiger partial charge in [0.05, 0.1) is 0 Å². The largest absolute Gasteiger partial charge is 0.396 e. The first kappa shape index (κ1) is 13.0. The summed E-state index contributed by atoms with van der Waals surface area (Å²) in [4.78, 5) is 0. The van der Waals surface area contributed by atoms with Crippen LogP contribution in [0.2, 0.25) is 0 Å². The Kier molecular flexibility index (Phi) is 6.40. The van der Waals surface area contributed by atoms with Gasteiger partial charge < -0.3 is 5.11 Å². The van der Waals surface area contributed by atoms with E-state index in [1.54, 1.807) is 0 Å². The van der Waals surface area contributed by atoms with Gasteiger partial charge in [-0.15, -0.1) is 0 Å². The fourth-order valence-corrected chi connectivity index (χ4v) is 2.09. The van der Waals surface area contributed by atoms with Gasteiger partial charge in [0.2, 0.25) is 0 Å². The normalized spacial score (nSPS) is 14.5. The molecule has 0 aliphatic carbocycles. The van der Waals surface area contributed by atoms with Crippen molar-refractivity contribution in [2.45, 2.75) is 59.8 Å². The fraction of sp³-hybridized carbons (Fsp3) is 1.00.